The number of aromatic nitrogens is 2. The highest BCUT2D eigenvalue weighted by Gasteiger charge is 2.18. The van der Waals surface area contributed by atoms with Crippen LogP contribution in [-0.4, -0.2) is 27.6 Å². The molecule has 0 unspecified atom stereocenters. The van der Waals surface area contributed by atoms with Crippen LogP contribution in [0.4, 0.5) is 4.39 Å². The van der Waals surface area contributed by atoms with Crippen LogP contribution in [0.3, 0.4) is 0 Å². The number of benzene rings is 1. The Bertz CT molecular complexity index is 634. The van der Waals surface area contributed by atoms with Crippen LogP contribution in [0.1, 0.15) is 13.8 Å². The number of ether oxygens (including phenoxy) is 1. The van der Waals surface area contributed by atoms with Crippen LogP contribution in [-0.2, 0) is 11.3 Å². The van der Waals surface area contributed by atoms with Crippen molar-refractivity contribution in [3.8, 4) is 5.75 Å². The molecule has 5 nitrogen and oxygen atoms in total. The molecule has 0 saturated carbocycles. The first-order chi connectivity index (χ1) is 10.5. The van der Waals surface area contributed by atoms with Gasteiger partial charge in [-0.3, -0.25) is 4.79 Å². The van der Waals surface area contributed by atoms with Crippen molar-refractivity contribution in [2.45, 2.75) is 32.5 Å². The third-order valence-electron chi connectivity index (χ3n) is 3.00. The third-order valence-corrected chi connectivity index (χ3v) is 3.29. The first kappa shape index (κ1) is 16.3. The number of carbonyl (C=O) groups excluding carboxylic acids is 1. The zero-order valence-electron chi connectivity index (χ0n) is 12.3. The number of halogens is 2. The molecule has 0 aliphatic carbocycles. The highest BCUT2D eigenvalue weighted by Crippen LogP contribution is 2.25. The fourth-order valence-electron chi connectivity index (χ4n) is 1.93. The molecule has 0 bridgehead atoms. The molecule has 22 heavy (non-hydrogen) atoms. The number of nitrogens with one attached hydrogen (secondary N) is 1. The first-order valence-electron chi connectivity index (χ1n) is 6.83. The summed E-state index contributed by atoms with van der Waals surface area (Å²) in [5.74, 6) is -0.454. The van der Waals surface area contributed by atoms with E-state index in [2.05, 4.69) is 10.3 Å². The van der Waals surface area contributed by atoms with E-state index >= 15 is 0 Å². The second-order valence-electron chi connectivity index (χ2n) is 5.00. The molecule has 1 amide bonds. The summed E-state index contributed by atoms with van der Waals surface area (Å²) in [4.78, 5) is 16.0. The van der Waals surface area contributed by atoms with Gasteiger partial charge in [-0.1, -0.05) is 11.6 Å². The van der Waals surface area contributed by atoms with E-state index in [4.69, 9.17) is 16.3 Å². The van der Waals surface area contributed by atoms with Crippen molar-refractivity contribution in [1.29, 1.82) is 0 Å². The first-order valence-corrected chi connectivity index (χ1v) is 7.21. The number of carbonyl (C=O) groups is 1. The largest absolute Gasteiger partial charge is 0.479 e. The number of amides is 1. The molecule has 0 aliphatic heterocycles. The summed E-state index contributed by atoms with van der Waals surface area (Å²) in [5, 5.41) is 2.97. The van der Waals surface area contributed by atoms with Gasteiger partial charge in [-0.05, 0) is 32.0 Å². The standard InChI is InChI=1S/C15H17ClFN3O2/c1-10(8-20-6-5-18-9-20)19-15(21)11(2)22-14-4-3-12(17)7-13(14)16/h3-7,9-11H,8H2,1-2H3,(H,19,21)/t10-,11-/m1/s1. The van der Waals surface area contributed by atoms with Gasteiger partial charge in [0.15, 0.2) is 6.10 Å². The molecule has 7 heteroatoms. The van der Waals surface area contributed by atoms with Crippen LogP contribution < -0.4 is 10.1 Å². The van der Waals surface area contributed by atoms with Gasteiger partial charge in [-0.25, -0.2) is 9.37 Å². The summed E-state index contributed by atoms with van der Waals surface area (Å²) in [7, 11) is 0. The molecule has 0 radical (unpaired) electrons. The van der Waals surface area contributed by atoms with Crippen LogP contribution in [0.5, 0.6) is 5.75 Å². The van der Waals surface area contributed by atoms with Gasteiger partial charge >= 0.3 is 0 Å². The van der Waals surface area contributed by atoms with Crippen LogP contribution in [0.2, 0.25) is 5.02 Å². The summed E-state index contributed by atoms with van der Waals surface area (Å²) in [6.45, 7) is 4.10. The van der Waals surface area contributed by atoms with Crippen LogP contribution in [0, 0.1) is 5.82 Å². The van der Waals surface area contributed by atoms with Gasteiger partial charge in [0, 0.05) is 25.0 Å². The maximum absolute atomic E-state index is 13.0. The van der Waals surface area contributed by atoms with E-state index in [-0.39, 0.29) is 22.7 Å². The van der Waals surface area contributed by atoms with Gasteiger partial charge in [0.1, 0.15) is 11.6 Å². The van der Waals surface area contributed by atoms with Crippen LogP contribution in [0.25, 0.3) is 0 Å². The fourth-order valence-corrected chi connectivity index (χ4v) is 2.14. The van der Waals surface area contributed by atoms with Gasteiger partial charge in [-0.15, -0.1) is 0 Å². The van der Waals surface area contributed by atoms with E-state index in [1.807, 2.05) is 17.7 Å². The molecule has 1 aromatic carbocycles. The fraction of sp³-hybridized carbons (Fsp3) is 0.333. The topological polar surface area (TPSA) is 56.2 Å². The number of hydrogen-bond acceptors (Lipinski definition) is 3. The SMILES string of the molecule is C[C@H](Cn1ccnc1)NC(=O)[C@@H](C)Oc1ccc(F)cc1Cl. The van der Waals surface area contributed by atoms with Gasteiger partial charge in [0.05, 0.1) is 11.3 Å². The zero-order valence-corrected chi connectivity index (χ0v) is 13.0. The van der Waals surface area contributed by atoms with Gasteiger partial charge in [0.25, 0.3) is 5.91 Å². The Morgan fingerprint density at radius 1 is 1.50 bits per heavy atom. The molecule has 118 valence electrons. The summed E-state index contributed by atoms with van der Waals surface area (Å²) in [6.07, 6.45) is 4.44. The minimum Gasteiger partial charge on any atom is -0.479 e. The average Bonchev–Trinajstić information content (AvgIpc) is 2.94. The van der Waals surface area contributed by atoms with Crippen molar-refractivity contribution in [2.24, 2.45) is 0 Å². The lowest BCUT2D eigenvalue weighted by atomic mass is 10.3. The van der Waals surface area contributed by atoms with Crippen molar-refractivity contribution in [3.05, 3.63) is 47.8 Å². The molecule has 1 N–H and O–H groups in total. The van der Waals surface area contributed by atoms with Gasteiger partial charge < -0.3 is 14.6 Å². The molecule has 0 saturated heterocycles. The Labute approximate surface area is 133 Å². The molecule has 2 aromatic rings. The van der Waals surface area contributed by atoms with Crippen LogP contribution in [0.15, 0.2) is 36.9 Å². The second kappa shape index (κ2) is 7.26. The van der Waals surface area contributed by atoms with E-state index in [0.29, 0.717) is 6.54 Å². The number of nitrogens with zero attached hydrogens (tertiary/aromatic N) is 2. The predicted octanol–water partition coefficient (Wildman–Crippen LogP) is 2.65. The van der Waals surface area contributed by atoms with Crippen molar-refractivity contribution in [2.75, 3.05) is 0 Å². The molecular weight excluding hydrogens is 309 g/mol. The molecular formula is C15H17ClFN3O2. The predicted molar refractivity (Wildman–Crippen MR) is 81.3 cm³/mol. The Balaban J connectivity index is 1.88. The molecule has 0 aliphatic rings. The Kier molecular flexibility index (Phi) is 5.38. The normalized spacial score (nSPS) is 13.5. The van der Waals surface area contributed by atoms with E-state index in [1.165, 1.54) is 12.1 Å². The quantitative estimate of drug-likeness (QED) is 0.888. The molecule has 0 fully saturated rings. The van der Waals surface area contributed by atoms with Gasteiger partial charge in [-0.2, -0.15) is 0 Å². The van der Waals surface area contributed by atoms with E-state index in [9.17, 15) is 9.18 Å². The van der Waals surface area contributed by atoms with E-state index < -0.39 is 11.9 Å². The lowest BCUT2D eigenvalue weighted by Gasteiger charge is -2.19. The lowest BCUT2D eigenvalue weighted by molar-refractivity contribution is -0.127. The monoisotopic (exact) mass is 325 g/mol. The molecule has 0 spiro atoms. The maximum atomic E-state index is 13.0. The Hall–Kier alpha value is -2.08. The third kappa shape index (κ3) is 4.46. The zero-order chi connectivity index (χ0) is 16.1. The molecule has 2 atom stereocenters. The van der Waals surface area contributed by atoms with Crippen LogP contribution >= 0.6 is 11.6 Å². The molecule has 2 rings (SSSR count). The number of imidazole rings is 1. The number of hydrogen-bond donors (Lipinski definition) is 1. The Morgan fingerprint density at radius 3 is 2.91 bits per heavy atom. The highest BCUT2D eigenvalue weighted by molar-refractivity contribution is 6.32. The highest BCUT2D eigenvalue weighted by atomic mass is 35.5. The summed E-state index contributed by atoms with van der Waals surface area (Å²) in [6, 6.07) is 3.68. The lowest BCUT2D eigenvalue weighted by Crippen LogP contribution is -2.42. The minimum atomic E-state index is -0.742. The Morgan fingerprint density at radius 2 is 2.27 bits per heavy atom. The average molecular weight is 326 g/mol. The maximum Gasteiger partial charge on any atom is 0.261 e. The summed E-state index contributed by atoms with van der Waals surface area (Å²) >= 11 is 5.87. The summed E-state index contributed by atoms with van der Waals surface area (Å²) < 4.78 is 20.3. The second-order valence-corrected chi connectivity index (χ2v) is 5.41. The van der Waals surface area contributed by atoms with Crippen molar-refractivity contribution < 1.29 is 13.9 Å². The van der Waals surface area contributed by atoms with E-state index in [0.717, 1.165) is 6.07 Å². The minimum absolute atomic E-state index is 0.0866. The van der Waals surface area contributed by atoms with Crippen molar-refractivity contribution in [3.63, 3.8) is 0 Å². The molecule has 1 aromatic heterocycles. The van der Waals surface area contributed by atoms with Gasteiger partial charge in [0.2, 0.25) is 0 Å². The van der Waals surface area contributed by atoms with Crippen molar-refractivity contribution >= 4 is 17.5 Å². The smallest absolute Gasteiger partial charge is 0.261 e. The molecule has 1 heterocycles. The van der Waals surface area contributed by atoms with E-state index in [1.54, 1.807) is 19.4 Å². The number of rotatable bonds is 6. The van der Waals surface area contributed by atoms with Crippen molar-refractivity contribution in [1.82, 2.24) is 14.9 Å². The summed E-state index contributed by atoms with van der Waals surface area (Å²) in [5.41, 5.74) is 0.